The minimum atomic E-state index is -1.09. The van der Waals surface area contributed by atoms with E-state index in [2.05, 4.69) is 21.6 Å². The van der Waals surface area contributed by atoms with Gasteiger partial charge in [-0.2, -0.15) is 0 Å². The number of benzene rings is 1. The molecule has 156 valence electrons. The van der Waals surface area contributed by atoms with Crippen molar-refractivity contribution < 1.29 is 22.8 Å². The van der Waals surface area contributed by atoms with Crippen molar-refractivity contribution in [1.82, 2.24) is 10.2 Å². The molecule has 0 saturated carbocycles. The molecule has 2 heterocycles. The highest BCUT2D eigenvalue weighted by Crippen LogP contribution is 2.21. The number of hydrogen-bond donors (Lipinski definition) is 2. The van der Waals surface area contributed by atoms with Gasteiger partial charge in [-0.15, -0.1) is 0 Å². The van der Waals surface area contributed by atoms with E-state index in [0.717, 1.165) is 56.1 Å². The first-order chi connectivity index (χ1) is 13.8. The van der Waals surface area contributed by atoms with E-state index >= 15 is 0 Å². The number of nitrogens with one attached hydrogen (secondary N) is 2. The van der Waals surface area contributed by atoms with Crippen LogP contribution in [0.1, 0.15) is 29.9 Å². The zero-order valence-electron chi connectivity index (χ0n) is 16.6. The van der Waals surface area contributed by atoms with Crippen molar-refractivity contribution >= 4 is 17.5 Å². The number of furan rings is 1. The molecule has 8 heteroatoms. The van der Waals surface area contributed by atoms with Crippen LogP contribution in [-0.2, 0) is 16.1 Å². The zero-order chi connectivity index (χ0) is 21.0. The van der Waals surface area contributed by atoms with Gasteiger partial charge in [0, 0.05) is 30.4 Å². The van der Waals surface area contributed by atoms with E-state index in [1.165, 1.54) is 11.6 Å². The minimum absolute atomic E-state index is 0.0298. The molecule has 1 saturated heterocycles. The summed E-state index contributed by atoms with van der Waals surface area (Å²) in [5, 5.41) is 4.89. The van der Waals surface area contributed by atoms with Crippen LogP contribution in [0.3, 0.4) is 0 Å². The lowest BCUT2D eigenvalue weighted by molar-refractivity contribution is -0.136. The van der Waals surface area contributed by atoms with Crippen molar-refractivity contribution in [2.24, 2.45) is 5.92 Å². The maximum Gasteiger partial charge on any atom is 0.313 e. The minimum Gasteiger partial charge on any atom is -0.466 e. The summed E-state index contributed by atoms with van der Waals surface area (Å²) in [6, 6.07) is 4.98. The lowest BCUT2D eigenvalue weighted by atomic mass is 9.96. The van der Waals surface area contributed by atoms with Gasteiger partial charge in [-0.3, -0.25) is 14.5 Å². The normalized spacial score (nSPS) is 15.3. The molecule has 0 bridgehead atoms. The van der Waals surface area contributed by atoms with Gasteiger partial charge in [0.15, 0.2) is 11.6 Å². The molecule has 0 aliphatic carbocycles. The lowest BCUT2D eigenvalue weighted by Crippen LogP contribution is -2.41. The van der Waals surface area contributed by atoms with E-state index in [4.69, 9.17) is 4.42 Å². The Bertz CT molecular complexity index is 889. The number of carbonyl (C=O) groups is 2. The fourth-order valence-electron chi connectivity index (χ4n) is 3.51. The van der Waals surface area contributed by atoms with E-state index in [1.54, 1.807) is 0 Å². The maximum atomic E-state index is 13.2. The van der Waals surface area contributed by atoms with Crippen LogP contribution in [0, 0.1) is 31.4 Å². The number of carbonyl (C=O) groups excluding carboxylic acids is 2. The summed E-state index contributed by atoms with van der Waals surface area (Å²) in [6.07, 6.45) is 1.84. The molecule has 2 N–H and O–H groups in total. The molecule has 1 aromatic heterocycles. The Hall–Kier alpha value is -2.74. The number of rotatable bonds is 5. The Morgan fingerprint density at radius 2 is 1.83 bits per heavy atom. The molecule has 1 aliphatic heterocycles. The van der Waals surface area contributed by atoms with E-state index < -0.39 is 23.4 Å². The molecule has 0 spiro atoms. The Morgan fingerprint density at radius 3 is 2.45 bits per heavy atom. The largest absolute Gasteiger partial charge is 0.466 e. The quantitative estimate of drug-likeness (QED) is 0.750. The van der Waals surface area contributed by atoms with Crippen molar-refractivity contribution in [2.45, 2.75) is 33.2 Å². The molecule has 1 aliphatic rings. The standard InChI is InChI=1S/C21H25F2N3O3/c1-13-9-16(14(2)29-13)12-26-7-5-15(6-8-26)11-24-20(27)21(28)25-17-3-4-18(22)19(23)10-17/h3-4,9-10,15H,5-8,11-12H2,1-2H3,(H,24,27)(H,25,28). The molecule has 2 aromatic rings. The summed E-state index contributed by atoms with van der Waals surface area (Å²) in [4.78, 5) is 26.2. The third-order valence-electron chi connectivity index (χ3n) is 5.18. The van der Waals surface area contributed by atoms with Crippen LogP contribution in [0.15, 0.2) is 28.7 Å². The number of aryl methyl sites for hydroxylation is 2. The number of halogens is 2. The zero-order valence-corrected chi connectivity index (χ0v) is 16.6. The van der Waals surface area contributed by atoms with Gasteiger partial charge < -0.3 is 15.1 Å². The first-order valence-electron chi connectivity index (χ1n) is 9.64. The highest BCUT2D eigenvalue weighted by molar-refractivity contribution is 6.39. The number of hydrogen-bond acceptors (Lipinski definition) is 4. The van der Waals surface area contributed by atoms with Crippen LogP contribution in [0.5, 0.6) is 0 Å². The first kappa shape index (κ1) is 21.0. The van der Waals surface area contributed by atoms with E-state index in [0.29, 0.717) is 12.5 Å². The van der Waals surface area contributed by atoms with Crippen molar-refractivity contribution in [1.29, 1.82) is 0 Å². The first-order valence-corrected chi connectivity index (χ1v) is 9.64. The Labute approximate surface area is 168 Å². The second-order valence-corrected chi connectivity index (χ2v) is 7.45. The highest BCUT2D eigenvalue weighted by atomic mass is 19.2. The molecule has 2 amide bonds. The highest BCUT2D eigenvalue weighted by Gasteiger charge is 2.22. The number of anilines is 1. The average molecular weight is 405 g/mol. The summed E-state index contributed by atoms with van der Waals surface area (Å²) < 4.78 is 31.7. The summed E-state index contributed by atoms with van der Waals surface area (Å²) in [6.45, 7) is 6.97. The predicted molar refractivity (Wildman–Crippen MR) is 104 cm³/mol. The third-order valence-corrected chi connectivity index (χ3v) is 5.18. The molecule has 1 fully saturated rings. The van der Waals surface area contributed by atoms with E-state index in [9.17, 15) is 18.4 Å². The van der Waals surface area contributed by atoms with Crippen LogP contribution >= 0.6 is 0 Å². The van der Waals surface area contributed by atoms with Crippen LogP contribution < -0.4 is 10.6 Å². The fraction of sp³-hybridized carbons (Fsp3) is 0.429. The average Bonchev–Trinajstić information content (AvgIpc) is 3.00. The topological polar surface area (TPSA) is 74.6 Å². The molecule has 0 radical (unpaired) electrons. The summed E-state index contributed by atoms with van der Waals surface area (Å²) in [5.41, 5.74) is 1.23. The van der Waals surface area contributed by atoms with Crippen LogP contribution in [0.25, 0.3) is 0 Å². The Balaban J connectivity index is 1.40. The van der Waals surface area contributed by atoms with Crippen LogP contribution in [-0.4, -0.2) is 36.3 Å². The van der Waals surface area contributed by atoms with Crippen molar-refractivity contribution in [3.05, 3.63) is 53.0 Å². The number of likely N-dealkylation sites (tertiary alicyclic amines) is 1. The maximum absolute atomic E-state index is 13.2. The van der Waals surface area contributed by atoms with Gasteiger partial charge in [-0.25, -0.2) is 8.78 Å². The van der Waals surface area contributed by atoms with Crippen molar-refractivity contribution in [3.8, 4) is 0 Å². The van der Waals surface area contributed by atoms with E-state index in [1.807, 2.05) is 13.8 Å². The monoisotopic (exact) mass is 405 g/mol. The number of nitrogens with zero attached hydrogens (tertiary/aromatic N) is 1. The molecular weight excluding hydrogens is 380 g/mol. The molecule has 1 aromatic carbocycles. The smallest absolute Gasteiger partial charge is 0.313 e. The van der Waals surface area contributed by atoms with Crippen LogP contribution in [0.4, 0.5) is 14.5 Å². The van der Waals surface area contributed by atoms with Gasteiger partial charge in [-0.1, -0.05) is 0 Å². The summed E-state index contributed by atoms with van der Waals surface area (Å²) >= 11 is 0. The van der Waals surface area contributed by atoms with Gasteiger partial charge in [0.25, 0.3) is 0 Å². The lowest BCUT2D eigenvalue weighted by Gasteiger charge is -2.31. The SMILES string of the molecule is Cc1cc(CN2CCC(CNC(=O)C(=O)Nc3ccc(F)c(F)c3)CC2)c(C)o1. The molecule has 3 rings (SSSR count). The number of piperidine rings is 1. The second kappa shape index (κ2) is 9.17. The predicted octanol–water partition coefficient (Wildman–Crippen LogP) is 3.14. The summed E-state index contributed by atoms with van der Waals surface area (Å²) in [5.74, 6) is -1.65. The molecule has 0 atom stereocenters. The van der Waals surface area contributed by atoms with Gasteiger partial charge in [0.2, 0.25) is 0 Å². The van der Waals surface area contributed by atoms with Gasteiger partial charge in [-0.05, 0) is 63.9 Å². The second-order valence-electron chi connectivity index (χ2n) is 7.45. The Kier molecular flexibility index (Phi) is 6.64. The molecule has 0 unspecified atom stereocenters. The van der Waals surface area contributed by atoms with Gasteiger partial charge >= 0.3 is 11.8 Å². The van der Waals surface area contributed by atoms with Crippen molar-refractivity contribution in [3.63, 3.8) is 0 Å². The fourth-order valence-corrected chi connectivity index (χ4v) is 3.51. The molecular formula is C21H25F2N3O3. The van der Waals surface area contributed by atoms with Crippen LogP contribution in [0.2, 0.25) is 0 Å². The third kappa shape index (κ3) is 5.63. The summed E-state index contributed by atoms with van der Waals surface area (Å²) in [7, 11) is 0. The van der Waals surface area contributed by atoms with Crippen molar-refractivity contribution in [2.75, 3.05) is 25.0 Å². The Morgan fingerprint density at radius 1 is 1.10 bits per heavy atom. The molecule has 6 nitrogen and oxygen atoms in total. The van der Waals surface area contributed by atoms with Gasteiger partial charge in [0.1, 0.15) is 11.5 Å². The van der Waals surface area contributed by atoms with E-state index in [-0.39, 0.29) is 5.69 Å². The molecule has 29 heavy (non-hydrogen) atoms. The number of amides is 2. The van der Waals surface area contributed by atoms with Gasteiger partial charge in [0.05, 0.1) is 0 Å².